The Hall–Kier alpha value is -4.50. The van der Waals surface area contributed by atoms with Crippen LogP contribution in [0.2, 0.25) is 5.02 Å². The van der Waals surface area contributed by atoms with Gasteiger partial charge in [-0.25, -0.2) is 23.9 Å². The minimum absolute atomic E-state index is 0.0605. The summed E-state index contributed by atoms with van der Waals surface area (Å²) in [5.41, 5.74) is -0.124. The van der Waals surface area contributed by atoms with Gasteiger partial charge >= 0.3 is 17.8 Å². The number of carbonyl (C=O) groups is 2. The van der Waals surface area contributed by atoms with E-state index < -0.39 is 42.4 Å². The van der Waals surface area contributed by atoms with Gasteiger partial charge in [0.05, 0.1) is 24.4 Å². The summed E-state index contributed by atoms with van der Waals surface area (Å²) in [7, 11) is 0. The van der Waals surface area contributed by atoms with Gasteiger partial charge in [-0.3, -0.25) is 9.36 Å². The Balaban J connectivity index is 1.43. The third-order valence-corrected chi connectivity index (χ3v) is 6.48. The molecule has 1 aliphatic rings. The molecule has 0 bridgehead atoms. The standard InChI is InChI=1S/C25H21ClF3N7O5/c26-15-7-5-14(6-8-15)21-33-35(24(40)34(21)11-19(37)25(27,28)29)12-20-30-13-36(32-20)18-4-2-1-3-16(18)22(38)31-17-9-10-41-23(17)39/h1-8,13,17,19,37H,9-12H2,(H,31,38)/t17-,19-/m0/s1. The Bertz CT molecular complexity index is 1650. The molecule has 1 fully saturated rings. The van der Waals surface area contributed by atoms with Crippen molar-refractivity contribution in [1.82, 2.24) is 34.4 Å². The van der Waals surface area contributed by atoms with Crippen molar-refractivity contribution in [2.75, 3.05) is 6.61 Å². The topological polar surface area (TPSA) is 146 Å². The first-order valence-corrected chi connectivity index (χ1v) is 12.5. The van der Waals surface area contributed by atoms with E-state index in [1.54, 1.807) is 18.2 Å². The summed E-state index contributed by atoms with van der Waals surface area (Å²) in [5.74, 6) is -1.12. The zero-order valence-corrected chi connectivity index (χ0v) is 21.7. The first-order valence-electron chi connectivity index (χ1n) is 12.2. The Morgan fingerprint density at radius 3 is 2.56 bits per heavy atom. The van der Waals surface area contributed by atoms with Crippen molar-refractivity contribution in [3.63, 3.8) is 0 Å². The zero-order valence-electron chi connectivity index (χ0n) is 21.0. The number of aliphatic hydroxyl groups is 1. The van der Waals surface area contributed by atoms with Crippen LogP contribution >= 0.6 is 11.6 Å². The molecule has 2 aromatic heterocycles. The molecule has 0 saturated carbocycles. The monoisotopic (exact) mass is 591 g/mol. The predicted octanol–water partition coefficient (Wildman–Crippen LogP) is 1.96. The molecule has 5 rings (SSSR count). The average molecular weight is 592 g/mol. The summed E-state index contributed by atoms with van der Waals surface area (Å²) in [6.45, 7) is -1.20. The van der Waals surface area contributed by atoms with Gasteiger partial charge < -0.3 is 15.2 Å². The van der Waals surface area contributed by atoms with Crippen LogP contribution in [0, 0.1) is 0 Å². The van der Waals surface area contributed by atoms with E-state index in [4.69, 9.17) is 16.3 Å². The van der Waals surface area contributed by atoms with E-state index in [1.165, 1.54) is 41.3 Å². The smallest absolute Gasteiger partial charge is 0.416 e. The van der Waals surface area contributed by atoms with Gasteiger partial charge in [0.25, 0.3) is 5.91 Å². The van der Waals surface area contributed by atoms with Crippen molar-refractivity contribution in [2.45, 2.75) is 37.8 Å². The summed E-state index contributed by atoms with van der Waals surface area (Å²) in [6.07, 6.45) is -6.13. The van der Waals surface area contributed by atoms with E-state index in [-0.39, 0.29) is 30.4 Å². The molecule has 1 saturated heterocycles. The molecule has 2 N–H and O–H groups in total. The molecule has 1 amide bonds. The second-order valence-corrected chi connectivity index (χ2v) is 9.48. The maximum Gasteiger partial charge on any atom is 0.416 e. The van der Waals surface area contributed by atoms with Crippen LogP contribution in [-0.2, 0) is 22.6 Å². The van der Waals surface area contributed by atoms with Crippen LogP contribution in [0.3, 0.4) is 0 Å². The van der Waals surface area contributed by atoms with Crippen molar-refractivity contribution < 1.29 is 32.6 Å². The van der Waals surface area contributed by atoms with E-state index in [2.05, 4.69) is 20.5 Å². The number of esters is 1. The average Bonchev–Trinajstić information content (AvgIpc) is 3.65. The van der Waals surface area contributed by atoms with Crippen molar-refractivity contribution in [1.29, 1.82) is 0 Å². The molecule has 16 heteroatoms. The Labute approximate surface area is 233 Å². The van der Waals surface area contributed by atoms with Gasteiger partial charge in [-0.15, -0.1) is 10.2 Å². The van der Waals surface area contributed by atoms with Crippen LogP contribution in [0.5, 0.6) is 0 Å². The highest BCUT2D eigenvalue weighted by molar-refractivity contribution is 6.30. The van der Waals surface area contributed by atoms with Gasteiger partial charge in [0, 0.05) is 17.0 Å². The molecule has 4 aromatic rings. The minimum Gasteiger partial charge on any atom is -0.464 e. The highest BCUT2D eigenvalue weighted by Crippen LogP contribution is 2.24. The zero-order chi connectivity index (χ0) is 29.3. The van der Waals surface area contributed by atoms with Crippen molar-refractivity contribution in [3.8, 4) is 17.1 Å². The van der Waals surface area contributed by atoms with Crippen LogP contribution in [-0.4, -0.2) is 71.0 Å². The molecule has 214 valence electrons. The fourth-order valence-corrected chi connectivity index (χ4v) is 4.27. The van der Waals surface area contributed by atoms with Crippen molar-refractivity contribution in [3.05, 3.63) is 81.8 Å². The number of hydrogen-bond acceptors (Lipinski definition) is 8. The van der Waals surface area contributed by atoms with E-state index in [0.29, 0.717) is 27.3 Å². The van der Waals surface area contributed by atoms with E-state index >= 15 is 0 Å². The molecule has 3 heterocycles. The summed E-state index contributed by atoms with van der Waals surface area (Å²) in [4.78, 5) is 41.9. The number of ether oxygens (including phenoxy) is 1. The summed E-state index contributed by atoms with van der Waals surface area (Å²) in [5, 5.41) is 21.1. The Kier molecular flexibility index (Phi) is 7.64. The van der Waals surface area contributed by atoms with Crippen LogP contribution in [0.1, 0.15) is 22.6 Å². The van der Waals surface area contributed by atoms with Gasteiger partial charge in [0.1, 0.15) is 18.9 Å². The lowest BCUT2D eigenvalue weighted by Crippen LogP contribution is -2.38. The van der Waals surface area contributed by atoms with Crippen LogP contribution in [0.25, 0.3) is 17.1 Å². The number of aliphatic hydroxyl groups excluding tert-OH is 1. The van der Waals surface area contributed by atoms with E-state index in [9.17, 15) is 32.7 Å². The highest BCUT2D eigenvalue weighted by atomic mass is 35.5. The lowest BCUT2D eigenvalue weighted by Gasteiger charge is -2.15. The van der Waals surface area contributed by atoms with E-state index in [1.807, 2.05) is 0 Å². The second-order valence-electron chi connectivity index (χ2n) is 9.04. The second kappa shape index (κ2) is 11.2. The molecule has 2 atom stereocenters. The fourth-order valence-electron chi connectivity index (χ4n) is 4.15. The molecule has 41 heavy (non-hydrogen) atoms. The quantitative estimate of drug-likeness (QED) is 0.296. The maximum atomic E-state index is 13.1. The summed E-state index contributed by atoms with van der Waals surface area (Å²) < 4.78 is 47.1. The summed E-state index contributed by atoms with van der Waals surface area (Å²) >= 11 is 5.91. The van der Waals surface area contributed by atoms with Gasteiger partial charge in [-0.1, -0.05) is 23.7 Å². The first-order chi connectivity index (χ1) is 19.5. The number of aromatic nitrogens is 6. The Morgan fingerprint density at radius 1 is 1.15 bits per heavy atom. The Morgan fingerprint density at radius 2 is 1.88 bits per heavy atom. The molecule has 0 radical (unpaired) electrons. The largest absolute Gasteiger partial charge is 0.464 e. The third-order valence-electron chi connectivity index (χ3n) is 6.23. The van der Waals surface area contributed by atoms with Gasteiger partial charge in [-0.05, 0) is 36.4 Å². The lowest BCUT2D eigenvalue weighted by atomic mass is 10.1. The van der Waals surface area contributed by atoms with Gasteiger partial charge in [-0.2, -0.15) is 13.2 Å². The molecule has 2 aromatic carbocycles. The third kappa shape index (κ3) is 6.00. The fraction of sp³-hybridized carbons (Fsp3) is 0.280. The number of benzene rings is 2. The number of amides is 1. The number of halogens is 4. The lowest BCUT2D eigenvalue weighted by molar-refractivity contribution is -0.207. The molecular weight excluding hydrogens is 571 g/mol. The minimum atomic E-state index is -4.96. The van der Waals surface area contributed by atoms with Crippen LogP contribution in [0.15, 0.2) is 59.7 Å². The van der Waals surface area contributed by atoms with E-state index in [0.717, 1.165) is 4.68 Å². The number of alkyl halides is 3. The van der Waals surface area contributed by atoms with Gasteiger partial charge in [0.15, 0.2) is 17.8 Å². The number of rotatable bonds is 8. The predicted molar refractivity (Wildman–Crippen MR) is 136 cm³/mol. The number of para-hydroxylation sites is 1. The highest BCUT2D eigenvalue weighted by Gasteiger charge is 2.39. The maximum absolute atomic E-state index is 13.1. The number of nitrogens with zero attached hydrogens (tertiary/aromatic N) is 6. The van der Waals surface area contributed by atoms with Crippen molar-refractivity contribution in [2.24, 2.45) is 0 Å². The number of hydrogen-bond donors (Lipinski definition) is 2. The number of nitrogens with one attached hydrogen (secondary N) is 1. The molecule has 12 nitrogen and oxygen atoms in total. The molecule has 0 unspecified atom stereocenters. The molecular formula is C25H21ClF3N7O5. The van der Waals surface area contributed by atoms with Crippen molar-refractivity contribution >= 4 is 23.5 Å². The normalized spacial score (nSPS) is 16.0. The first kappa shape index (κ1) is 28.0. The van der Waals surface area contributed by atoms with Crippen LogP contribution in [0.4, 0.5) is 13.2 Å². The molecule has 0 aliphatic carbocycles. The SMILES string of the molecule is O=C(N[C@H]1CCOC1=O)c1ccccc1-n1cnc(Cn2nc(-c3ccc(Cl)cc3)n(C[C@H](O)C(F)(F)F)c2=O)n1. The number of carbonyl (C=O) groups excluding carboxylic acids is 2. The number of cyclic esters (lactones) is 1. The van der Waals surface area contributed by atoms with Gasteiger partial charge in [0.2, 0.25) is 0 Å². The van der Waals surface area contributed by atoms with Crippen LogP contribution < -0.4 is 11.0 Å². The molecule has 1 aliphatic heterocycles. The molecule has 0 spiro atoms. The summed E-state index contributed by atoms with van der Waals surface area (Å²) in [6, 6.07) is 11.6.